The third-order valence-electron chi connectivity index (χ3n) is 4.25. The fourth-order valence-corrected chi connectivity index (χ4v) is 2.96. The summed E-state index contributed by atoms with van der Waals surface area (Å²) in [7, 11) is 0. The molecule has 0 aliphatic rings. The summed E-state index contributed by atoms with van der Waals surface area (Å²) in [5, 5.41) is 5.04. The molecule has 4 nitrogen and oxygen atoms in total. The molecule has 0 fully saturated rings. The van der Waals surface area contributed by atoms with Crippen LogP contribution in [0.3, 0.4) is 0 Å². The highest BCUT2D eigenvalue weighted by Crippen LogP contribution is 2.34. The third kappa shape index (κ3) is 2.93. The Balaban J connectivity index is 2.19. The van der Waals surface area contributed by atoms with Gasteiger partial charge >= 0.3 is 0 Å². The molecule has 0 radical (unpaired) electrons. The number of fused-ring (bicyclic) bond motifs is 1. The van der Waals surface area contributed by atoms with E-state index < -0.39 is 0 Å². The standard InChI is InChI=1S/C20H23N3O/c1-4-22-18-15(9-10-17-16(18)11-12-23-19(17)24)13-5-7-14(8-6-13)20(2,3)21/h5-12,22H,4,21H2,1-3H3,(H,23,24). The topological polar surface area (TPSA) is 70.9 Å². The number of nitrogens with two attached hydrogens (primary N) is 1. The van der Waals surface area contributed by atoms with Crippen LogP contribution in [-0.4, -0.2) is 11.5 Å². The lowest BCUT2D eigenvalue weighted by Crippen LogP contribution is -2.28. The number of hydrogen-bond acceptors (Lipinski definition) is 3. The van der Waals surface area contributed by atoms with E-state index in [1.165, 1.54) is 0 Å². The summed E-state index contributed by atoms with van der Waals surface area (Å²) in [4.78, 5) is 14.8. The average molecular weight is 321 g/mol. The maximum Gasteiger partial charge on any atom is 0.255 e. The summed E-state index contributed by atoms with van der Waals surface area (Å²) in [5.74, 6) is 0. The van der Waals surface area contributed by atoms with Crippen molar-refractivity contribution in [1.82, 2.24) is 4.98 Å². The number of pyridine rings is 1. The zero-order valence-corrected chi connectivity index (χ0v) is 14.3. The Morgan fingerprint density at radius 3 is 2.38 bits per heavy atom. The first-order chi connectivity index (χ1) is 11.4. The van der Waals surface area contributed by atoms with Gasteiger partial charge in [0.1, 0.15) is 0 Å². The molecule has 0 aliphatic heterocycles. The van der Waals surface area contributed by atoms with Crippen LogP contribution in [0.1, 0.15) is 26.3 Å². The van der Waals surface area contributed by atoms with Gasteiger partial charge in [-0.3, -0.25) is 4.79 Å². The second-order valence-electron chi connectivity index (χ2n) is 6.59. The van der Waals surface area contributed by atoms with Gasteiger partial charge in [-0.15, -0.1) is 0 Å². The molecule has 1 heterocycles. The Bertz CT molecular complexity index is 918. The molecular formula is C20H23N3O. The molecule has 4 heteroatoms. The smallest absolute Gasteiger partial charge is 0.255 e. The lowest BCUT2D eigenvalue weighted by Gasteiger charge is -2.20. The number of aromatic amines is 1. The predicted octanol–water partition coefficient (Wildman–Crippen LogP) is 3.82. The number of nitrogens with one attached hydrogen (secondary N) is 2. The number of H-pyrrole nitrogens is 1. The van der Waals surface area contributed by atoms with Gasteiger partial charge in [0.15, 0.2) is 0 Å². The molecule has 4 N–H and O–H groups in total. The van der Waals surface area contributed by atoms with Crippen molar-refractivity contribution in [3.05, 3.63) is 64.6 Å². The maximum absolute atomic E-state index is 12.0. The first-order valence-electron chi connectivity index (χ1n) is 8.20. The molecule has 3 aromatic rings. The first kappa shape index (κ1) is 16.3. The fraction of sp³-hybridized carbons (Fsp3) is 0.250. The van der Waals surface area contributed by atoms with Gasteiger partial charge in [0, 0.05) is 34.6 Å². The van der Waals surface area contributed by atoms with E-state index in [1.807, 2.05) is 32.0 Å². The van der Waals surface area contributed by atoms with E-state index in [0.717, 1.165) is 34.3 Å². The van der Waals surface area contributed by atoms with Crippen molar-refractivity contribution in [3.63, 3.8) is 0 Å². The SMILES string of the molecule is CCNc1c(-c2ccc(C(C)(C)N)cc2)ccc2c(=O)[nH]ccc12. The number of hydrogen-bond donors (Lipinski definition) is 3. The van der Waals surface area contributed by atoms with Crippen molar-refractivity contribution in [1.29, 1.82) is 0 Å². The summed E-state index contributed by atoms with van der Waals surface area (Å²) < 4.78 is 0. The van der Waals surface area contributed by atoms with Crippen LogP contribution >= 0.6 is 0 Å². The van der Waals surface area contributed by atoms with Crippen LogP contribution in [-0.2, 0) is 5.54 Å². The van der Waals surface area contributed by atoms with Crippen molar-refractivity contribution >= 4 is 16.5 Å². The monoisotopic (exact) mass is 321 g/mol. The van der Waals surface area contributed by atoms with Crippen LogP contribution in [0.15, 0.2) is 53.5 Å². The Kier molecular flexibility index (Phi) is 4.16. The summed E-state index contributed by atoms with van der Waals surface area (Å²) in [6.07, 6.45) is 1.69. The van der Waals surface area contributed by atoms with Gasteiger partial charge in [-0.05, 0) is 44.0 Å². The van der Waals surface area contributed by atoms with Gasteiger partial charge in [-0.25, -0.2) is 0 Å². The minimum atomic E-state index is -0.361. The molecule has 0 saturated heterocycles. The van der Waals surface area contributed by atoms with Crippen LogP contribution in [0.2, 0.25) is 0 Å². The molecule has 0 amide bonds. The molecule has 0 bridgehead atoms. The van der Waals surface area contributed by atoms with Crippen LogP contribution in [0.25, 0.3) is 21.9 Å². The van der Waals surface area contributed by atoms with Gasteiger partial charge in [0.05, 0.1) is 5.69 Å². The lowest BCUT2D eigenvalue weighted by atomic mass is 9.92. The van der Waals surface area contributed by atoms with Gasteiger partial charge in [-0.1, -0.05) is 30.3 Å². The molecule has 124 valence electrons. The van der Waals surface area contributed by atoms with Crippen molar-refractivity contribution in [2.24, 2.45) is 5.73 Å². The zero-order valence-electron chi connectivity index (χ0n) is 14.3. The Hall–Kier alpha value is -2.59. The summed E-state index contributed by atoms with van der Waals surface area (Å²) in [5.41, 5.74) is 9.99. The molecule has 0 saturated carbocycles. The molecule has 0 unspecified atom stereocenters. The van der Waals surface area contributed by atoms with Crippen LogP contribution in [0.5, 0.6) is 0 Å². The largest absolute Gasteiger partial charge is 0.384 e. The summed E-state index contributed by atoms with van der Waals surface area (Å²) in [6, 6.07) is 14.1. The molecule has 0 spiro atoms. The Morgan fingerprint density at radius 2 is 1.75 bits per heavy atom. The molecule has 0 atom stereocenters. The van der Waals surface area contributed by atoms with Gasteiger partial charge < -0.3 is 16.0 Å². The highest BCUT2D eigenvalue weighted by Gasteiger charge is 2.15. The molecule has 1 aromatic heterocycles. The summed E-state index contributed by atoms with van der Waals surface area (Å²) in [6.45, 7) is 6.82. The van der Waals surface area contributed by atoms with Crippen molar-refractivity contribution < 1.29 is 0 Å². The van der Waals surface area contributed by atoms with Crippen molar-refractivity contribution in [2.75, 3.05) is 11.9 Å². The number of rotatable bonds is 4. The highest BCUT2D eigenvalue weighted by molar-refractivity contribution is 6.01. The van der Waals surface area contributed by atoms with E-state index in [-0.39, 0.29) is 11.1 Å². The first-order valence-corrected chi connectivity index (χ1v) is 8.20. The van der Waals surface area contributed by atoms with E-state index in [4.69, 9.17) is 5.73 Å². The van der Waals surface area contributed by atoms with E-state index in [1.54, 1.807) is 6.20 Å². The second kappa shape index (κ2) is 6.13. The second-order valence-corrected chi connectivity index (χ2v) is 6.59. The molecule has 2 aromatic carbocycles. The maximum atomic E-state index is 12.0. The Morgan fingerprint density at radius 1 is 1.04 bits per heavy atom. The number of benzene rings is 2. The van der Waals surface area contributed by atoms with E-state index in [9.17, 15) is 4.79 Å². The predicted molar refractivity (Wildman–Crippen MR) is 101 cm³/mol. The zero-order chi connectivity index (χ0) is 17.3. The summed E-state index contributed by atoms with van der Waals surface area (Å²) >= 11 is 0. The third-order valence-corrected chi connectivity index (χ3v) is 4.25. The van der Waals surface area contributed by atoms with Gasteiger partial charge in [-0.2, -0.15) is 0 Å². The highest BCUT2D eigenvalue weighted by atomic mass is 16.1. The van der Waals surface area contributed by atoms with Gasteiger partial charge in [0.25, 0.3) is 5.56 Å². The van der Waals surface area contributed by atoms with Crippen molar-refractivity contribution in [2.45, 2.75) is 26.3 Å². The van der Waals surface area contributed by atoms with Gasteiger partial charge in [0.2, 0.25) is 0 Å². The van der Waals surface area contributed by atoms with Crippen molar-refractivity contribution in [3.8, 4) is 11.1 Å². The minimum Gasteiger partial charge on any atom is -0.384 e. The normalized spacial score (nSPS) is 11.7. The minimum absolute atomic E-state index is 0.0709. The number of anilines is 1. The fourth-order valence-electron chi connectivity index (χ4n) is 2.96. The molecular weight excluding hydrogens is 298 g/mol. The molecule has 24 heavy (non-hydrogen) atoms. The lowest BCUT2D eigenvalue weighted by molar-refractivity contribution is 0.554. The van der Waals surface area contributed by atoms with Crippen LogP contribution < -0.4 is 16.6 Å². The quantitative estimate of drug-likeness (QED) is 0.684. The Labute approximate surface area is 141 Å². The molecule has 3 rings (SSSR count). The van der Waals surface area contributed by atoms with Crippen LogP contribution in [0, 0.1) is 0 Å². The number of aromatic nitrogens is 1. The van der Waals surface area contributed by atoms with E-state index in [0.29, 0.717) is 5.39 Å². The molecule has 0 aliphatic carbocycles. The average Bonchev–Trinajstić information content (AvgIpc) is 2.55. The van der Waals surface area contributed by atoms with E-state index >= 15 is 0 Å². The van der Waals surface area contributed by atoms with E-state index in [2.05, 4.69) is 41.5 Å². The van der Waals surface area contributed by atoms with Crippen LogP contribution in [0.4, 0.5) is 5.69 Å².